The maximum absolute atomic E-state index is 12.6. The van der Waals surface area contributed by atoms with E-state index in [-0.39, 0.29) is 17.8 Å². The van der Waals surface area contributed by atoms with E-state index in [1.54, 1.807) is 51.1 Å². The number of carbonyl (C=O) groups is 1. The van der Waals surface area contributed by atoms with Crippen LogP contribution < -0.4 is 16.0 Å². The Kier molecular flexibility index (Phi) is 5.33. The zero-order chi connectivity index (χ0) is 22.1. The summed E-state index contributed by atoms with van der Waals surface area (Å²) >= 11 is 0. The Balaban J connectivity index is 1.86. The molecule has 31 heavy (non-hydrogen) atoms. The molecule has 7 nitrogen and oxygen atoms in total. The van der Waals surface area contributed by atoms with Crippen molar-refractivity contribution >= 4 is 27.9 Å². The van der Waals surface area contributed by atoms with Crippen LogP contribution in [0, 0.1) is 6.92 Å². The van der Waals surface area contributed by atoms with Crippen molar-refractivity contribution in [2.24, 2.45) is 0 Å². The van der Waals surface area contributed by atoms with Crippen LogP contribution in [0.1, 0.15) is 19.4 Å². The van der Waals surface area contributed by atoms with Crippen molar-refractivity contribution in [1.82, 2.24) is 0 Å². The zero-order valence-electron chi connectivity index (χ0n) is 17.3. The van der Waals surface area contributed by atoms with Crippen molar-refractivity contribution in [3.63, 3.8) is 0 Å². The number of benzene rings is 2. The molecule has 0 amide bonds. The molecule has 0 saturated heterocycles. The van der Waals surface area contributed by atoms with Gasteiger partial charge < -0.3 is 18.3 Å². The fourth-order valence-corrected chi connectivity index (χ4v) is 3.44. The Morgan fingerprint density at radius 3 is 2.58 bits per heavy atom. The van der Waals surface area contributed by atoms with Gasteiger partial charge in [-0.1, -0.05) is 18.2 Å². The second-order valence-electron chi connectivity index (χ2n) is 7.04. The topological polar surface area (TPSA) is 96.0 Å². The molecule has 0 spiro atoms. The number of esters is 1. The summed E-state index contributed by atoms with van der Waals surface area (Å²) in [6.45, 7) is 5.25. The first-order valence-corrected chi connectivity index (χ1v) is 9.83. The van der Waals surface area contributed by atoms with Crippen molar-refractivity contribution in [1.29, 1.82) is 0 Å². The van der Waals surface area contributed by atoms with Crippen LogP contribution in [0.4, 0.5) is 0 Å². The van der Waals surface area contributed by atoms with E-state index in [9.17, 15) is 14.4 Å². The third-order valence-electron chi connectivity index (χ3n) is 4.97. The first-order valence-electron chi connectivity index (χ1n) is 9.83. The van der Waals surface area contributed by atoms with Crippen molar-refractivity contribution in [2.75, 3.05) is 6.61 Å². The van der Waals surface area contributed by atoms with Crippen LogP contribution in [0.3, 0.4) is 0 Å². The Hall–Kier alpha value is -3.87. The van der Waals surface area contributed by atoms with Crippen LogP contribution in [0.5, 0.6) is 5.75 Å². The lowest BCUT2D eigenvalue weighted by atomic mass is 10.0. The van der Waals surface area contributed by atoms with E-state index in [0.29, 0.717) is 27.8 Å². The fourth-order valence-electron chi connectivity index (χ4n) is 3.44. The van der Waals surface area contributed by atoms with E-state index in [0.717, 1.165) is 5.39 Å². The van der Waals surface area contributed by atoms with Crippen molar-refractivity contribution in [3.8, 4) is 16.9 Å². The van der Waals surface area contributed by atoms with E-state index >= 15 is 0 Å². The molecule has 0 fully saturated rings. The Morgan fingerprint density at radius 1 is 1.03 bits per heavy atom. The van der Waals surface area contributed by atoms with Gasteiger partial charge in [0.25, 0.3) is 0 Å². The average Bonchev–Trinajstić information content (AvgIpc) is 2.75. The molecule has 7 heteroatoms. The van der Waals surface area contributed by atoms with Crippen molar-refractivity contribution in [2.45, 2.75) is 26.9 Å². The minimum absolute atomic E-state index is 0.246. The Labute approximate surface area is 176 Å². The highest BCUT2D eigenvalue weighted by Crippen LogP contribution is 2.33. The molecule has 4 rings (SSSR count). The van der Waals surface area contributed by atoms with E-state index in [4.69, 9.17) is 18.3 Å². The maximum Gasteiger partial charge on any atom is 0.347 e. The number of aryl methyl sites for hydroxylation is 1. The highest BCUT2D eigenvalue weighted by Gasteiger charge is 2.20. The summed E-state index contributed by atoms with van der Waals surface area (Å²) < 4.78 is 21.5. The van der Waals surface area contributed by atoms with Gasteiger partial charge in [0.05, 0.1) is 12.2 Å². The molecule has 4 aromatic rings. The lowest BCUT2D eigenvalue weighted by molar-refractivity contribution is -0.150. The normalized spacial score (nSPS) is 12.1. The van der Waals surface area contributed by atoms with Gasteiger partial charge in [-0.25, -0.2) is 14.4 Å². The molecule has 2 aromatic carbocycles. The summed E-state index contributed by atoms with van der Waals surface area (Å²) in [5.41, 5.74) is 0.737. The molecule has 0 aliphatic carbocycles. The van der Waals surface area contributed by atoms with E-state index in [1.165, 1.54) is 6.07 Å². The van der Waals surface area contributed by atoms with Crippen LogP contribution in [-0.2, 0) is 9.53 Å². The van der Waals surface area contributed by atoms with Gasteiger partial charge in [0, 0.05) is 28.0 Å². The highest BCUT2D eigenvalue weighted by atomic mass is 16.6. The molecule has 0 saturated carbocycles. The summed E-state index contributed by atoms with van der Waals surface area (Å²) in [7, 11) is 0. The SMILES string of the molecule is CCOC(=O)[C@H](C)Oc1ccc2c(-c3cc4ccccc4oc3=O)cc(=O)oc2c1C. The molecule has 158 valence electrons. The number of hydrogen-bond acceptors (Lipinski definition) is 7. The van der Waals surface area contributed by atoms with Gasteiger partial charge in [-0.15, -0.1) is 0 Å². The van der Waals surface area contributed by atoms with Gasteiger partial charge in [0.2, 0.25) is 0 Å². The van der Waals surface area contributed by atoms with Crippen LogP contribution in [0.15, 0.2) is 67.0 Å². The number of hydrogen-bond donors (Lipinski definition) is 0. The second-order valence-corrected chi connectivity index (χ2v) is 7.04. The monoisotopic (exact) mass is 420 g/mol. The smallest absolute Gasteiger partial charge is 0.347 e. The number of fused-ring (bicyclic) bond motifs is 2. The Morgan fingerprint density at radius 2 is 1.81 bits per heavy atom. The van der Waals surface area contributed by atoms with Crippen molar-refractivity contribution < 1.29 is 23.1 Å². The molecule has 0 unspecified atom stereocenters. The van der Waals surface area contributed by atoms with Gasteiger partial charge in [0.1, 0.15) is 16.9 Å². The first kappa shape index (κ1) is 20.4. The van der Waals surface area contributed by atoms with E-state index < -0.39 is 23.3 Å². The van der Waals surface area contributed by atoms with Gasteiger partial charge >= 0.3 is 17.2 Å². The molecule has 2 heterocycles. The second kappa shape index (κ2) is 8.10. The predicted octanol–water partition coefficient (Wildman–Crippen LogP) is 4.21. The largest absolute Gasteiger partial charge is 0.479 e. The van der Waals surface area contributed by atoms with E-state index in [1.807, 2.05) is 12.1 Å². The molecule has 0 aliphatic heterocycles. The minimum atomic E-state index is -0.835. The van der Waals surface area contributed by atoms with E-state index in [2.05, 4.69) is 0 Å². The van der Waals surface area contributed by atoms with Gasteiger partial charge in [-0.3, -0.25) is 0 Å². The zero-order valence-corrected chi connectivity index (χ0v) is 17.3. The van der Waals surface area contributed by atoms with Crippen LogP contribution in [0.25, 0.3) is 33.1 Å². The Bertz CT molecular complexity index is 1410. The van der Waals surface area contributed by atoms with Crippen LogP contribution in [0.2, 0.25) is 0 Å². The van der Waals surface area contributed by atoms with Crippen molar-refractivity contribution in [3.05, 3.63) is 74.9 Å². The molecule has 0 aliphatic rings. The summed E-state index contributed by atoms with van der Waals surface area (Å²) in [5, 5.41) is 1.29. The average molecular weight is 420 g/mol. The first-order chi connectivity index (χ1) is 14.9. The standard InChI is InChI=1S/C24H20O7/c1-4-28-23(26)14(3)29-19-10-9-16-17(12-21(25)31-22(16)13(19)2)18-11-15-7-5-6-8-20(15)30-24(18)27/h5-12,14H,4H2,1-3H3/t14-/m0/s1. The molecule has 2 aromatic heterocycles. The highest BCUT2D eigenvalue weighted by molar-refractivity contribution is 5.97. The minimum Gasteiger partial charge on any atom is -0.479 e. The summed E-state index contributed by atoms with van der Waals surface area (Å²) in [6.07, 6.45) is -0.835. The third-order valence-corrected chi connectivity index (χ3v) is 4.97. The number of rotatable bonds is 5. The van der Waals surface area contributed by atoms with Gasteiger partial charge in [-0.05, 0) is 45.0 Å². The summed E-state index contributed by atoms with van der Waals surface area (Å²) in [4.78, 5) is 36.9. The van der Waals surface area contributed by atoms with Gasteiger partial charge in [0.15, 0.2) is 6.10 Å². The summed E-state index contributed by atoms with van der Waals surface area (Å²) in [6, 6.07) is 13.5. The number of ether oxygens (including phenoxy) is 2. The number of para-hydroxylation sites is 1. The molecule has 0 N–H and O–H groups in total. The number of carbonyl (C=O) groups excluding carboxylic acids is 1. The lowest BCUT2D eigenvalue weighted by Gasteiger charge is -2.16. The predicted molar refractivity (Wildman–Crippen MR) is 115 cm³/mol. The molecule has 0 bridgehead atoms. The lowest BCUT2D eigenvalue weighted by Crippen LogP contribution is -2.26. The molecular weight excluding hydrogens is 400 g/mol. The summed E-state index contributed by atoms with van der Waals surface area (Å²) in [5.74, 6) is -0.120. The van der Waals surface area contributed by atoms with Gasteiger partial charge in [-0.2, -0.15) is 0 Å². The van der Waals surface area contributed by atoms with Crippen LogP contribution >= 0.6 is 0 Å². The molecular formula is C24H20O7. The quantitative estimate of drug-likeness (QED) is 0.353. The molecule has 1 atom stereocenters. The maximum atomic E-state index is 12.6. The third kappa shape index (κ3) is 3.82. The fraction of sp³-hybridized carbons (Fsp3) is 0.208. The van der Waals surface area contributed by atoms with Crippen LogP contribution in [-0.4, -0.2) is 18.7 Å². The molecule has 0 radical (unpaired) electrons.